The molecule has 1 aromatic carbocycles. The Morgan fingerprint density at radius 3 is 2.50 bits per heavy atom. The van der Waals surface area contributed by atoms with Gasteiger partial charge in [-0.2, -0.15) is 0 Å². The highest BCUT2D eigenvalue weighted by Gasteiger charge is 2.38. The van der Waals surface area contributed by atoms with Crippen molar-refractivity contribution in [3.8, 4) is 0 Å². The molecule has 154 valence electrons. The topological polar surface area (TPSA) is 71.1 Å². The first-order chi connectivity index (χ1) is 13.3. The van der Waals surface area contributed by atoms with Gasteiger partial charge in [-0.05, 0) is 39.2 Å². The van der Waals surface area contributed by atoms with Crippen molar-refractivity contribution in [2.24, 2.45) is 0 Å². The highest BCUT2D eigenvalue weighted by atomic mass is 16.6. The van der Waals surface area contributed by atoms with Gasteiger partial charge in [0.1, 0.15) is 12.2 Å². The Balaban J connectivity index is 1.58. The summed E-state index contributed by atoms with van der Waals surface area (Å²) in [6.07, 6.45) is 0.914. The highest BCUT2D eigenvalue weighted by Crippen LogP contribution is 2.23. The van der Waals surface area contributed by atoms with Crippen LogP contribution in [0.3, 0.4) is 0 Å². The molecule has 2 aliphatic rings. The maximum atomic E-state index is 12.6. The largest absolute Gasteiger partial charge is 0.445 e. The average molecular weight is 389 g/mol. The van der Waals surface area contributed by atoms with Gasteiger partial charge in [-0.1, -0.05) is 30.3 Å². The molecule has 2 saturated heterocycles. The molecule has 2 fully saturated rings. The van der Waals surface area contributed by atoms with Crippen molar-refractivity contribution in [1.82, 2.24) is 15.1 Å². The number of amides is 2. The first kappa shape index (κ1) is 20.5. The Morgan fingerprint density at radius 1 is 1.07 bits per heavy atom. The van der Waals surface area contributed by atoms with E-state index in [9.17, 15) is 9.59 Å². The third-order valence-electron chi connectivity index (χ3n) is 5.12. The summed E-state index contributed by atoms with van der Waals surface area (Å²) in [6, 6.07) is 9.85. The van der Waals surface area contributed by atoms with E-state index in [4.69, 9.17) is 9.47 Å². The average Bonchev–Trinajstić information content (AvgIpc) is 2.88. The number of rotatable bonds is 2. The van der Waals surface area contributed by atoms with E-state index in [1.54, 1.807) is 4.90 Å². The monoisotopic (exact) mass is 389 g/mol. The number of carbonyl (C=O) groups is 2. The molecule has 0 saturated carbocycles. The minimum atomic E-state index is -0.518. The second kappa shape index (κ2) is 8.82. The maximum absolute atomic E-state index is 12.6. The van der Waals surface area contributed by atoms with Crippen LogP contribution in [0, 0.1) is 0 Å². The Bertz CT molecular complexity index is 674. The van der Waals surface area contributed by atoms with Gasteiger partial charge in [0.05, 0.1) is 6.04 Å². The molecule has 2 atom stereocenters. The zero-order valence-corrected chi connectivity index (χ0v) is 17.0. The molecule has 0 radical (unpaired) electrons. The third kappa shape index (κ3) is 5.38. The van der Waals surface area contributed by atoms with E-state index < -0.39 is 5.60 Å². The number of nitrogens with one attached hydrogen (secondary N) is 1. The number of hydrogen-bond donors (Lipinski definition) is 1. The number of carbonyl (C=O) groups excluding carboxylic acids is 2. The van der Waals surface area contributed by atoms with Gasteiger partial charge >= 0.3 is 12.2 Å². The molecule has 1 N–H and O–H groups in total. The summed E-state index contributed by atoms with van der Waals surface area (Å²) >= 11 is 0. The van der Waals surface area contributed by atoms with Crippen LogP contribution < -0.4 is 5.32 Å². The van der Waals surface area contributed by atoms with E-state index in [0.29, 0.717) is 26.1 Å². The van der Waals surface area contributed by atoms with Crippen LogP contribution in [-0.2, 0) is 16.1 Å². The summed E-state index contributed by atoms with van der Waals surface area (Å²) in [5.74, 6) is 0. The fourth-order valence-corrected chi connectivity index (χ4v) is 3.78. The lowest BCUT2D eigenvalue weighted by Gasteiger charge is -2.41. The Labute approximate surface area is 167 Å². The van der Waals surface area contributed by atoms with Crippen LogP contribution in [0.4, 0.5) is 9.59 Å². The summed E-state index contributed by atoms with van der Waals surface area (Å²) in [5, 5.41) is 3.50. The first-order valence-electron chi connectivity index (χ1n) is 10.0. The highest BCUT2D eigenvalue weighted by molar-refractivity contribution is 5.69. The van der Waals surface area contributed by atoms with Gasteiger partial charge in [-0.15, -0.1) is 0 Å². The van der Waals surface area contributed by atoms with Crippen molar-refractivity contribution in [2.45, 2.75) is 57.9 Å². The van der Waals surface area contributed by atoms with Crippen LogP contribution in [0.25, 0.3) is 0 Å². The number of nitrogens with zero attached hydrogens (tertiary/aromatic N) is 2. The lowest BCUT2D eigenvalue weighted by molar-refractivity contribution is 0.00517. The zero-order valence-electron chi connectivity index (χ0n) is 17.0. The molecule has 28 heavy (non-hydrogen) atoms. The minimum Gasteiger partial charge on any atom is -0.445 e. The zero-order chi connectivity index (χ0) is 20.1. The standard InChI is InChI=1S/C21H31N3O4/c1-21(2,3)28-20(26)24-14-11-22-17-9-12-23(13-10-18(17)24)19(25)27-15-16-7-5-4-6-8-16/h4-8,17-18,22H,9-15H2,1-3H3/t17-,18-/m0/s1. The molecule has 7 heteroatoms. The third-order valence-corrected chi connectivity index (χ3v) is 5.12. The van der Waals surface area contributed by atoms with E-state index in [1.165, 1.54) is 0 Å². The van der Waals surface area contributed by atoms with Crippen LogP contribution in [0.5, 0.6) is 0 Å². The molecule has 2 aliphatic heterocycles. The quantitative estimate of drug-likeness (QED) is 0.842. The van der Waals surface area contributed by atoms with Crippen molar-refractivity contribution in [3.05, 3.63) is 35.9 Å². The normalized spacial score (nSPS) is 22.8. The van der Waals surface area contributed by atoms with Gasteiger partial charge in [0.25, 0.3) is 0 Å². The molecule has 0 aliphatic carbocycles. The van der Waals surface area contributed by atoms with Crippen molar-refractivity contribution in [3.63, 3.8) is 0 Å². The molecule has 0 aromatic heterocycles. The number of hydrogen-bond acceptors (Lipinski definition) is 5. The molecule has 0 bridgehead atoms. The van der Waals surface area contributed by atoms with Crippen molar-refractivity contribution in [2.75, 3.05) is 26.2 Å². The number of benzene rings is 1. The van der Waals surface area contributed by atoms with Gasteiger partial charge in [0, 0.05) is 32.2 Å². The van der Waals surface area contributed by atoms with Crippen LogP contribution in [-0.4, -0.2) is 65.9 Å². The summed E-state index contributed by atoms with van der Waals surface area (Å²) in [7, 11) is 0. The van der Waals surface area contributed by atoms with Crippen molar-refractivity contribution >= 4 is 12.2 Å². The SMILES string of the molecule is CC(C)(C)OC(=O)N1CCN[C@H]2CCN(C(=O)OCc3ccccc3)CC[C@@H]21. The summed E-state index contributed by atoms with van der Waals surface area (Å²) in [4.78, 5) is 28.7. The second-order valence-corrected chi connectivity index (χ2v) is 8.41. The molecular weight excluding hydrogens is 358 g/mol. The van der Waals surface area contributed by atoms with Crippen molar-refractivity contribution < 1.29 is 19.1 Å². The van der Waals surface area contributed by atoms with E-state index in [1.807, 2.05) is 56.0 Å². The molecular formula is C21H31N3O4. The van der Waals surface area contributed by atoms with Gasteiger partial charge in [-0.25, -0.2) is 9.59 Å². The fraction of sp³-hybridized carbons (Fsp3) is 0.619. The van der Waals surface area contributed by atoms with E-state index >= 15 is 0 Å². The lowest BCUT2D eigenvalue weighted by Crippen LogP contribution is -2.60. The molecule has 0 spiro atoms. The molecule has 1 aromatic rings. The Kier molecular flexibility index (Phi) is 6.44. The molecule has 0 unspecified atom stereocenters. The summed E-state index contributed by atoms with van der Waals surface area (Å²) in [5.41, 5.74) is 0.451. The summed E-state index contributed by atoms with van der Waals surface area (Å²) in [6.45, 7) is 8.44. The van der Waals surface area contributed by atoms with Crippen LogP contribution >= 0.6 is 0 Å². The second-order valence-electron chi connectivity index (χ2n) is 8.41. The molecule has 3 rings (SSSR count). The summed E-state index contributed by atoms with van der Waals surface area (Å²) < 4.78 is 11.1. The Hall–Kier alpha value is -2.28. The molecule has 7 nitrogen and oxygen atoms in total. The van der Waals surface area contributed by atoms with Crippen LogP contribution in [0.1, 0.15) is 39.2 Å². The van der Waals surface area contributed by atoms with Crippen LogP contribution in [0.2, 0.25) is 0 Å². The molecule has 2 heterocycles. The van der Waals surface area contributed by atoms with Gasteiger partial charge < -0.3 is 24.6 Å². The number of likely N-dealkylation sites (tertiary alicyclic amines) is 1. The van der Waals surface area contributed by atoms with E-state index in [0.717, 1.165) is 18.5 Å². The number of fused-ring (bicyclic) bond motifs is 1. The smallest absolute Gasteiger partial charge is 0.410 e. The lowest BCUT2D eigenvalue weighted by atomic mass is 9.99. The fourth-order valence-electron chi connectivity index (χ4n) is 3.78. The van der Waals surface area contributed by atoms with Gasteiger partial charge in [-0.3, -0.25) is 0 Å². The predicted octanol–water partition coefficient (Wildman–Crippen LogP) is 3.00. The predicted molar refractivity (Wildman–Crippen MR) is 106 cm³/mol. The number of piperazine rings is 1. The first-order valence-corrected chi connectivity index (χ1v) is 10.0. The minimum absolute atomic E-state index is 0.0236. The number of ether oxygens (including phenoxy) is 2. The molecule has 2 amide bonds. The Morgan fingerprint density at radius 2 is 1.79 bits per heavy atom. The van der Waals surface area contributed by atoms with E-state index in [-0.39, 0.29) is 30.9 Å². The van der Waals surface area contributed by atoms with Crippen molar-refractivity contribution in [1.29, 1.82) is 0 Å². The van der Waals surface area contributed by atoms with Gasteiger partial charge in [0.2, 0.25) is 0 Å². The van der Waals surface area contributed by atoms with Gasteiger partial charge in [0.15, 0.2) is 0 Å². The maximum Gasteiger partial charge on any atom is 0.410 e. The van der Waals surface area contributed by atoms with Crippen LogP contribution in [0.15, 0.2) is 30.3 Å². The van der Waals surface area contributed by atoms with E-state index in [2.05, 4.69) is 5.32 Å².